The molecule has 1 saturated heterocycles. The van der Waals surface area contributed by atoms with E-state index in [0.29, 0.717) is 12.1 Å². The molecule has 1 aliphatic rings. The van der Waals surface area contributed by atoms with E-state index in [4.69, 9.17) is 0 Å². The fraction of sp³-hybridized carbons (Fsp3) is 0.273. The summed E-state index contributed by atoms with van der Waals surface area (Å²) in [6, 6.07) is 18.4. The molecule has 2 aromatic carbocycles. The summed E-state index contributed by atoms with van der Waals surface area (Å²) >= 11 is 0. The van der Waals surface area contributed by atoms with Gasteiger partial charge in [0.15, 0.2) is 0 Å². The lowest BCUT2D eigenvalue weighted by atomic mass is 10.1. The van der Waals surface area contributed by atoms with E-state index in [1.54, 1.807) is 22.0 Å². The normalized spacial score (nSPS) is 14.4. The quantitative estimate of drug-likeness (QED) is 0.705. The lowest BCUT2D eigenvalue weighted by molar-refractivity contribution is -0.901. The summed E-state index contributed by atoms with van der Waals surface area (Å²) in [7, 11) is 0. The van der Waals surface area contributed by atoms with Gasteiger partial charge in [-0.15, -0.1) is 0 Å². The number of carbonyl (C=O) groups excluding carboxylic acids is 1. The van der Waals surface area contributed by atoms with Gasteiger partial charge in [-0.1, -0.05) is 42.5 Å². The average molecular weight is 361 g/mol. The number of hydrogen-bond donors (Lipinski definition) is 2. The second-order valence-electron chi connectivity index (χ2n) is 7.14. The highest BCUT2D eigenvalue weighted by Crippen LogP contribution is 2.08. The van der Waals surface area contributed by atoms with Crippen LogP contribution in [-0.2, 0) is 13.1 Å². The van der Waals surface area contributed by atoms with Crippen LogP contribution >= 0.6 is 0 Å². The minimum absolute atomic E-state index is 0.109. The van der Waals surface area contributed by atoms with Crippen LogP contribution in [0.4, 0.5) is 0 Å². The third kappa shape index (κ3) is 4.44. The molecule has 0 unspecified atom stereocenters. The van der Waals surface area contributed by atoms with Crippen LogP contribution in [0.3, 0.4) is 0 Å². The van der Waals surface area contributed by atoms with Crippen molar-refractivity contribution in [3.05, 3.63) is 83.7 Å². The fourth-order valence-electron chi connectivity index (χ4n) is 3.56. The molecule has 0 bridgehead atoms. The number of nitrogens with zero attached hydrogens (tertiary/aromatic N) is 2. The molecule has 0 spiro atoms. The Hall–Kier alpha value is -2.92. The number of carbonyl (C=O) groups is 1. The van der Waals surface area contributed by atoms with Gasteiger partial charge in [0.05, 0.1) is 30.5 Å². The Balaban J connectivity index is 1.32. The van der Waals surface area contributed by atoms with Gasteiger partial charge in [-0.3, -0.25) is 4.79 Å². The number of aromatic nitrogens is 2. The van der Waals surface area contributed by atoms with Crippen LogP contribution in [0.5, 0.6) is 0 Å². The SMILES string of the molecule is O=C(NCc1ccc(C[NH+]2CCCC2)cc1)c1cnn(-c2ccccc2)c1. The number of benzene rings is 2. The molecule has 0 radical (unpaired) electrons. The molecule has 5 nitrogen and oxygen atoms in total. The molecule has 0 atom stereocenters. The summed E-state index contributed by atoms with van der Waals surface area (Å²) < 4.78 is 1.71. The first-order valence-electron chi connectivity index (χ1n) is 9.57. The van der Waals surface area contributed by atoms with Crippen molar-refractivity contribution in [2.24, 2.45) is 0 Å². The molecule has 4 rings (SSSR count). The molecule has 0 saturated carbocycles. The molecular weight excluding hydrogens is 336 g/mol. The highest BCUT2D eigenvalue weighted by atomic mass is 16.1. The predicted molar refractivity (Wildman–Crippen MR) is 105 cm³/mol. The van der Waals surface area contributed by atoms with Gasteiger partial charge in [0.2, 0.25) is 0 Å². The molecule has 1 aromatic heterocycles. The highest BCUT2D eigenvalue weighted by molar-refractivity contribution is 5.93. The first-order chi connectivity index (χ1) is 13.3. The Morgan fingerprint density at radius 3 is 2.44 bits per heavy atom. The summed E-state index contributed by atoms with van der Waals surface area (Å²) in [6.07, 6.45) is 6.05. The van der Waals surface area contributed by atoms with Crippen molar-refractivity contribution in [2.45, 2.75) is 25.9 Å². The van der Waals surface area contributed by atoms with Crippen molar-refractivity contribution in [2.75, 3.05) is 13.1 Å². The summed E-state index contributed by atoms with van der Waals surface area (Å²) in [6.45, 7) is 4.19. The number of para-hydroxylation sites is 1. The van der Waals surface area contributed by atoms with Crippen LogP contribution in [0.2, 0.25) is 0 Å². The summed E-state index contributed by atoms with van der Waals surface area (Å²) in [5, 5.41) is 7.25. The van der Waals surface area contributed by atoms with Gasteiger partial charge >= 0.3 is 0 Å². The van der Waals surface area contributed by atoms with E-state index < -0.39 is 0 Å². The van der Waals surface area contributed by atoms with Crippen LogP contribution in [0.15, 0.2) is 67.0 Å². The van der Waals surface area contributed by atoms with E-state index in [0.717, 1.165) is 17.8 Å². The molecule has 1 fully saturated rings. The number of nitrogens with one attached hydrogen (secondary N) is 2. The van der Waals surface area contributed by atoms with Gasteiger partial charge in [0.1, 0.15) is 6.54 Å². The molecule has 5 heteroatoms. The third-order valence-corrected chi connectivity index (χ3v) is 5.11. The Kier molecular flexibility index (Phi) is 5.30. The molecule has 138 valence electrons. The maximum absolute atomic E-state index is 12.4. The van der Waals surface area contributed by atoms with Crippen molar-refractivity contribution in [3.8, 4) is 5.69 Å². The molecular formula is C22H25N4O+. The molecule has 1 amide bonds. The highest BCUT2D eigenvalue weighted by Gasteiger charge is 2.15. The zero-order chi connectivity index (χ0) is 18.5. The molecule has 3 aromatic rings. The van der Waals surface area contributed by atoms with Gasteiger partial charge in [-0.05, 0) is 17.7 Å². The fourth-order valence-corrected chi connectivity index (χ4v) is 3.56. The summed E-state index contributed by atoms with van der Waals surface area (Å²) in [5.74, 6) is -0.109. The van der Waals surface area contributed by atoms with E-state index >= 15 is 0 Å². The van der Waals surface area contributed by atoms with Gasteiger partial charge in [0, 0.05) is 31.1 Å². The van der Waals surface area contributed by atoms with Crippen LogP contribution in [-0.4, -0.2) is 28.8 Å². The Labute approximate surface area is 159 Å². The first-order valence-corrected chi connectivity index (χ1v) is 9.57. The lowest BCUT2D eigenvalue weighted by Gasteiger charge is -2.12. The minimum Gasteiger partial charge on any atom is -0.348 e. The van der Waals surface area contributed by atoms with Gasteiger partial charge in [0.25, 0.3) is 5.91 Å². The number of hydrogen-bond acceptors (Lipinski definition) is 2. The summed E-state index contributed by atoms with van der Waals surface area (Å²) in [5.41, 5.74) is 3.98. The standard InChI is InChI=1S/C22H24N4O/c27-22(20-15-24-26(17-20)21-6-2-1-3-7-21)23-14-18-8-10-19(11-9-18)16-25-12-4-5-13-25/h1-3,6-11,15,17H,4-5,12-14,16H2,(H,23,27)/p+1. The van der Waals surface area contributed by atoms with Crippen LogP contribution in [0.1, 0.15) is 34.3 Å². The Morgan fingerprint density at radius 2 is 1.70 bits per heavy atom. The largest absolute Gasteiger partial charge is 0.348 e. The Morgan fingerprint density at radius 1 is 1.00 bits per heavy atom. The van der Waals surface area contributed by atoms with Crippen LogP contribution in [0, 0.1) is 0 Å². The van der Waals surface area contributed by atoms with Crippen molar-refractivity contribution >= 4 is 5.91 Å². The van der Waals surface area contributed by atoms with Crippen molar-refractivity contribution < 1.29 is 9.69 Å². The van der Waals surface area contributed by atoms with Crippen molar-refractivity contribution in [1.82, 2.24) is 15.1 Å². The minimum atomic E-state index is -0.109. The molecule has 27 heavy (non-hydrogen) atoms. The number of amides is 1. The van der Waals surface area contributed by atoms with E-state index in [1.165, 1.54) is 31.5 Å². The molecule has 0 aliphatic carbocycles. The summed E-state index contributed by atoms with van der Waals surface area (Å²) in [4.78, 5) is 14.1. The van der Waals surface area contributed by atoms with Crippen molar-refractivity contribution in [3.63, 3.8) is 0 Å². The van der Waals surface area contributed by atoms with Gasteiger partial charge in [-0.2, -0.15) is 5.10 Å². The third-order valence-electron chi connectivity index (χ3n) is 5.11. The van der Waals surface area contributed by atoms with Crippen molar-refractivity contribution in [1.29, 1.82) is 0 Å². The monoisotopic (exact) mass is 361 g/mol. The average Bonchev–Trinajstić information content (AvgIpc) is 3.40. The van der Waals surface area contributed by atoms with E-state index in [1.807, 2.05) is 30.3 Å². The lowest BCUT2D eigenvalue weighted by Crippen LogP contribution is -3.08. The van der Waals surface area contributed by atoms with E-state index in [2.05, 4.69) is 34.7 Å². The van der Waals surface area contributed by atoms with E-state index in [-0.39, 0.29) is 5.91 Å². The number of rotatable bonds is 6. The number of quaternary nitrogens is 1. The maximum Gasteiger partial charge on any atom is 0.254 e. The molecule has 1 aliphatic heterocycles. The predicted octanol–water partition coefficient (Wildman–Crippen LogP) is 1.98. The van der Waals surface area contributed by atoms with Crippen LogP contribution < -0.4 is 10.2 Å². The maximum atomic E-state index is 12.4. The number of likely N-dealkylation sites (tertiary alicyclic amines) is 1. The molecule has 2 heterocycles. The topological polar surface area (TPSA) is 51.4 Å². The second kappa shape index (κ2) is 8.18. The van der Waals surface area contributed by atoms with Crippen LogP contribution in [0.25, 0.3) is 5.69 Å². The second-order valence-corrected chi connectivity index (χ2v) is 7.14. The first kappa shape index (κ1) is 17.5. The van der Waals surface area contributed by atoms with E-state index in [9.17, 15) is 4.79 Å². The smallest absolute Gasteiger partial charge is 0.254 e. The molecule has 2 N–H and O–H groups in total. The van der Waals surface area contributed by atoms with Gasteiger partial charge < -0.3 is 10.2 Å². The van der Waals surface area contributed by atoms with Gasteiger partial charge in [-0.25, -0.2) is 4.68 Å². The zero-order valence-electron chi connectivity index (χ0n) is 15.4. The Bertz CT molecular complexity index is 880. The zero-order valence-corrected chi connectivity index (χ0v) is 15.4.